The van der Waals surface area contributed by atoms with E-state index in [0.29, 0.717) is 5.56 Å². The highest BCUT2D eigenvalue weighted by atomic mass is 19.4. The summed E-state index contributed by atoms with van der Waals surface area (Å²) in [6.07, 6.45) is -2.69. The Bertz CT molecular complexity index is 684. The van der Waals surface area contributed by atoms with Crippen LogP contribution in [0.15, 0.2) is 18.2 Å². The molecule has 0 radical (unpaired) electrons. The lowest BCUT2D eigenvalue weighted by atomic mass is 10.0. The maximum absolute atomic E-state index is 12.8. The van der Waals surface area contributed by atoms with Gasteiger partial charge in [-0.2, -0.15) is 13.2 Å². The summed E-state index contributed by atoms with van der Waals surface area (Å²) in [5.74, 6) is -2.38. The number of carboxylic acid groups (broad SMARTS) is 1. The molecule has 0 saturated heterocycles. The normalized spacial score (nSPS) is 20.9. The van der Waals surface area contributed by atoms with Crippen LogP contribution in [-0.2, 0) is 15.8 Å². The Labute approximate surface area is 136 Å². The number of benzene rings is 1. The van der Waals surface area contributed by atoms with Gasteiger partial charge in [0.15, 0.2) is 0 Å². The minimum Gasteiger partial charge on any atom is -0.491 e. The van der Waals surface area contributed by atoms with Crippen LogP contribution in [0.5, 0.6) is 5.75 Å². The predicted molar refractivity (Wildman–Crippen MR) is 76.3 cm³/mol. The van der Waals surface area contributed by atoms with Gasteiger partial charge in [0.25, 0.3) is 0 Å². The molecule has 24 heavy (non-hydrogen) atoms. The number of carbonyl (C=O) groups is 2. The Kier molecular flexibility index (Phi) is 3.93. The van der Waals surface area contributed by atoms with Crippen LogP contribution >= 0.6 is 0 Å². The lowest BCUT2D eigenvalue weighted by Gasteiger charge is -2.32. The molecule has 1 heterocycles. The van der Waals surface area contributed by atoms with Crippen LogP contribution in [-0.4, -0.2) is 34.5 Å². The van der Waals surface area contributed by atoms with Gasteiger partial charge >= 0.3 is 18.1 Å². The number of rotatable bonds is 3. The second-order valence-corrected chi connectivity index (χ2v) is 6.17. The Morgan fingerprint density at radius 3 is 2.54 bits per heavy atom. The fraction of sp³-hybridized carbons (Fsp3) is 0.500. The summed E-state index contributed by atoms with van der Waals surface area (Å²) in [6, 6.07) is 2.07. The summed E-state index contributed by atoms with van der Waals surface area (Å²) >= 11 is 0. The van der Waals surface area contributed by atoms with Crippen molar-refractivity contribution in [3.05, 3.63) is 29.3 Å². The molecular weight excluding hydrogens is 327 g/mol. The van der Waals surface area contributed by atoms with E-state index in [9.17, 15) is 22.8 Å². The topological polar surface area (TPSA) is 66.8 Å². The number of carboxylic acids is 1. The summed E-state index contributed by atoms with van der Waals surface area (Å²) in [5, 5.41) is 9.08. The first-order valence-electron chi connectivity index (χ1n) is 7.59. The number of amides is 1. The van der Waals surface area contributed by atoms with Crippen molar-refractivity contribution in [2.24, 2.45) is 5.92 Å². The van der Waals surface area contributed by atoms with Crippen molar-refractivity contribution in [1.82, 2.24) is 4.90 Å². The predicted octanol–water partition coefficient (Wildman–Crippen LogP) is 2.85. The highest BCUT2D eigenvalue weighted by molar-refractivity contribution is 6.31. The van der Waals surface area contributed by atoms with Crippen molar-refractivity contribution in [3.63, 3.8) is 0 Å². The molecule has 2 aliphatic rings. The van der Waals surface area contributed by atoms with Crippen molar-refractivity contribution in [1.29, 1.82) is 0 Å². The highest BCUT2D eigenvalue weighted by Gasteiger charge is 2.43. The number of halogens is 3. The van der Waals surface area contributed by atoms with Crippen LogP contribution in [0.1, 0.15) is 36.9 Å². The summed E-state index contributed by atoms with van der Waals surface area (Å²) in [7, 11) is 0. The number of ether oxygens (including phenoxy) is 1. The number of hydrogen-bond acceptors (Lipinski definition) is 3. The van der Waals surface area contributed by atoms with Gasteiger partial charge < -0.3 is 14.7 Å². The number of hydrogen-bond donors (Lipinski definition) is 1. The zero-order valence-electron chi connectivity index (χ0n) is 12.8. The number of alkyl halides is 3. The maximum Gasteiger partial charge on any atom is 0.416 e. The Balaban J connectivity index is 1.94. The first kappa shape index (κ1) is 16.6. The molecule has 3 rings (SSSR count). The smallest absolute Gasteiger partial charge is 0.416 e. The summed E-state index contributed by atoms with van der Waals surface area (Å²) < 4.78 is 43.7. The standard InChI is InChI=1S/C16H16F3NO4/c1-8(9-2-3-9)20(14(21)15(22)23)12-7-24-13-6-10(16(17,18)19)4-5-11(12)13/h4-6,8-9,12H,2-3,7H2,1H3,(H,22,23). The second kappa shape index (κ2) is 5.68. The van der Waals surface area contributed by atoms with Crippen molar-refractivity contribution in [2.75, 3.05) is 6.61 Å². The zero-order valence-corrected chi connectivity index (χ0v) is 12.8. The molecule has 0 aromatic heterocycles. The third-order valence-corrected chi connectivity index (χ3v) is 4.59. The maximum atomic E-state index is 12.8. The molecular formula is C16H16F3NO4. The van der Waals surface area contributed by atoms with E-state index in [1.807, 2.05) is 0 Å². The van der Waals surface area contributed by atoms with Gasteiger partial charge in [-0.05, 0) is 37.8 Å². The van der Waals surface area contributed by atoms with Crippen LogP contribution < -0.4 is 4.74 Å². The van der Waals surface area contributed by atoms with Gasteiger partial charge in [0.05, 0.1) is 11.6 Å². The Morgan fingerprint density at radius 1 is 1.33 bits per heavy atom. The van der Waals surface area contributed by atoms with E-state index < -0.39 is 29.7 Å². The van der Waals surface area contributed by atoms with Crippen LogP contribution in [0, 0.1) is 5.92 Å². The summed E-state index contributed by atoms with van der Waals surface area (Å²) in [5.41, 5.74) is -0.432. The molecule has 1 amide bonds. The van der Waals surface area contributed by atoms with Gasteiger partial charge in [0, 0.05) is 11.6 Å². The van der Waals surface area contributed by atoms with E-state index in [0.717, 1.165) is 25.0 Å². The molecule has 0 spiro atoms. The highest BCUT2D eigenvalue weighted by Crippen LogP contribution is 2.44. The van der Waals surface area contributed by atoms with Gasteiger partial charge in [-0.1, -0.05) is 6.07 Å². The van der Waals surface area contributed by atoms with Crippen molar-refractivity contribution >= 4 is 11.9 Å². The first-order valence-corrected chi connectivity index (χ1v) is 7.59. The summed E-state index contributed by atoms with van der Waals surface area (Å²) in [6.45, 7) is 1.72. The summed E-state index contributed by atoms with van der Waals surface area (Å²) in [4.78, 5) is 24.5. The minimum atomic E-state index is -4.49. The average molecular weight is 343 g/mol. The average Bonchev–Trinajstić information content (AvgIpc) is 3.27. The molecule has 2 unspecified atom stereocenters. The van der Waals surface area contributed by atoms with E-state index in [-0.39, 0.29) is 24.3 Å². The van der Waals surface area contributed by atoms with E-state index in [4.69, 9.17) is 9.84 Å². The van der Waals surface area contributed by atoms with Gasteiger partial charge in [0.2, 0.25) is 0 Å². The van der Waals surface area contributed by atoms with E-state index in [2.05, 4.69) is 0 Å². The van der Waals surface area contributed by atoms with Gasteiger partial charge in [-0.25, -0.2) is 4.79 Å². The fourth-order valence-electron chi connectivity index (χ4n) is 3.13. The van der Waals surface area contributed by atoms with Crippen LogP contribution in [0.4, 0.5) is 13.2 Å². The molecule has 1 aromatic carbocycles. The van der Waals surface area contributed by atoms with Gasteiger partial charge in [-0.15, -0.1) is 0 Å². The first-order chi connectivity index (χ1) is 11.2. The number of nitrogens with zero attached hydrogens (tertiary/aromatic N) is 1. The van der Waals surface area contributed by atoms with Crippen LogP contribution in [0.2, 0.25) is 0 Å². The fourth-order valence-corrected chi connectivity index (χ4v) is 3.13. The van der Waals surface area contributed by atoms with Crippen LogP contribution in [0.3, 0.4) is 0 Å². The molecule has 2 atom stereocenters. The molecule has 130 valence electrons. The molecule has 1 saturated carbocycles. The van der Waals surface area contributed by atoms with E-state index in [1.54, 1.807) is 6.92 Å². The molecule has 1 fully saturated rings. The molecule has 1 N–H and O–H groups in total. The minimum absolute atomic E-state index is 0.0426. The van der Waals surface area contributed by atoms with E-state index in [1.165, 1.54) is 11.0 Å². The van der Waals surface area contributed by atoms with Crippen molar-refractivity contribution in [3.8, 4) is 5.75 Å². The quantitative estimate of drug-likeness (QED) is 0.857. The van der Waals surface area contributed by atoms with E-state index >= 15 is 0 Å². The second-order valence-electron chi connectivity index (χ2n) is 6.17. The number of aliphatic carboxylic acids is 1. The number of carbonyl (C=O) groups excluding carboxylic acids is 1. The Morgan fingerprint density at radius 2 is 2.00 bits per heavy atom. The van der Waals surface area contributed by atoms with Gasteiger partial charge in [0.1, 0.15) is 12.4 Å². The monoisotopic (exact) mass is 343 g/mol. The van der Waals surface area contributed by atoms with Crippen molar-refractivity contribution < 1.29 is 32.6 Å². The SMILES string of the molecule is CC(C1CC1)N(C(=O)C(=O)O)C1COc2cc(C(F)(F)F)ccc21. The molecule has 1 aliphatic carbocycles. The molecule has 0 bridgehead atoms. The van der Waals surface area contributed by atoms with Crippen LogP contribution in [0.25, 0.3) is 0 Å². The van der Waals surface area contributed by atoms with Crippen molar-refractivity contribution in [2.45, 2.75) is 38.0 Å². The van der Waals surface area contributed by atoms with Gasteiger partial charge in [-0.3, -0.25) is 4.79 Å². The molecule has 1 aliphatic heterocycles. The molecule has 5 nitrogen and oxygen atoms in total. The molecule has 8 heteroatoms. The lowest BCUT2D eigenvalue weighted by Crippen LogP contribution is -2.46. The third kappa shape index (κ3) is 2.92. The molecule has 1 aromatic rings. The third-order valence-electron chi connectivity index (χ3n) is 4.59. The zero-order chi connectivity index (χ0) is 17.6. The lowest BCUT2D eigenvalue weighted by molar-refractivity contribution is -0.159. The Hall–Kier alpha value is -2.25. The largest absolute Gasteiger partial charge is 0.491 e. The number of fused-ring (bicyclic) bond motifs is 1.